The smallest absolute Gasteiger partial charge is 0.338 e. The van der Waals surface area contributed by atoms with E-state index in [9.17, 15) is 9.59 Å². The van der Waals surface area contributed by atoms with Crippen LogP contribution in [0.3, 0.4) is 0 Å². The lowest BCUT2D eigenvalue weighted by Crippen LogP contribution is -2.10. The average molecular weight is 450 g/mol. The highest BCUT2D eigenvalue weighted by molar-refractivity contribution is 5.91. The maximum atomic E-state index is 12.1. The van der Waals surface area contributed by atoms with E-state index in [1.165, 1.54) is 6.33 Å². The summed E-state index contributed by atoms with van der Waals surface area (Å²) in [6.45, 7) is 6.38. The number of hydrogen-bond acceptors (Lipinski definition) is 9. The van der Waals surface area contributed by atoms with Crippen LogP contribution in [0.2, 0.25) is 0 Å². The van der Waals surface area contributed by atoms with Crippen LogP contribution in [0.4, 0.5) is 28.7 Å². The van der Waals surface area contributed by atoms with Crippen molar-refractivity contribution in [1.82, 2.24) is 9.97 Å². The highest BCUT2D eigenvalue weighted by Crippen LogP contribution is 2.28. The van der Waals surface area contributed by atoms with Crippen LogP contribution in [0.15, 0.2) is 54.9 Å². The van der Waals surface area contributed by atoms with Gasteiger partial charge in [-0.15, -0.1) is 0 Å². The minimum absolute atomic E-state index is 0.270. The first-order valence-electron chi connectivity index (χ1n) is 10.6. The van der Waals surface area contributed by atoms with Gasteiger partial charge in [0.1, 0.15) is 12.0 Å². The van der Waals surface area contributed by atoms with E-state index < -0.39 is 5.97 Å². The van der Waals surface area contributed by atoms with Gasteiger partial charge in [0.2, 0.25) is 0 Å². The van der Waals surface area contributed by atoms with Crippen molar-refractivity contribution in [3.8, 4) is 0 Å². The molecule has 0 unspecified atom stereocenters. The van der Waals surface area contributed by atoms with Gasteiger partial charge in [0.05, 0.1) is 24.3 Å². The quantitative estimate of drug-likeness (QED) is 0.403. The van der Waals surface area contributed by atoms with E-state index in [0.717, 1.165) is 0 Å². The van der Waals surface area contributed by atoms with E-state index in [1.807, 2.05) is 13.8 Å². The molecule has 4 N–H and O–H groups in total. The fourth-order valence-electron chi connectivity index (χ4n) is 2.82. The predicted octanol–water partition coefficient (Wildman–Crippen LogP) is 4.54. The predicted molar refractivity (Wildman–Crippen MR) is 127 cm³/mol. The lowest BCUT2D eigenvalue weighted by molar-refractivity contribution is 0.0458. The van der Waals surface area contributed by atoms with E-state index in [-0.39, 0.29) is 11.9 Å². The Balaban J connectivity index is 1.71. The maximum Gasteiger partial charge on any atom is 0.338 e. The zero-order valence-electron chi connectivity index (χ0n) is 18.8. The van der Waals surface area contributed by atoms with Crippen LogP contribution in [0.1, 0.15) is 41.5 Å². The molecular weight excluding hydrogens is 422 g/mol. The third-order valence-corrected chi connectivity index (χ3v) is 4.45. The van der Waals surface area contributed by atoms with E-state index in [2.05, 4.69) is 20.6 Å². The van der Waals surface area contributed by atoms with Crippen LogP contribution in [0, 0.1) is 5.92 Å². The van der Waals surface area contributed by atoms with Crippen LogP contribution in [0.25, 0.3) is 0 Å². The molecule has 9 nitrogen and oxygen atoms in total. The second kappa shape index (κ2) is 10.9. The van der Waals surface area contributed by atoms with Gasteiger partial charge < -0.3 is 25.8 Å². The molecule has 0 bridgehead atoms. The van der Waals surface area contributed by atoms with Gasteiger partial charge in [-0.2, -0.15) is 0 Å². The van der Waals surface area contributed by atoms with Crippen molar-refractivity contribution in [3.05, 3.63) is 66.0 Å². The molecule has 1 heterocycles. The number of rotatable bonds is 9. The molecule has 172 valence electrons. The second-order valence-corrected chi connectivity index (χ2v) is 7.61. The molecule has 0 amide bonds. The van der Waals surface area contributed by atoms with Crippen molar-refractivity contribution >= 4 is 40.6 Å². The minimum atomic E-state index is -0.407. The number of nitrogens with zero attached hydrogens (tertiary/aromatic N) is 2. The SMILES string of the molecule is CCOC(=O)c1cccc(Nc2ncnc(Nc3ccc(C(=O)OCC(C)C)cc3)c2N)c1. The molecule has 0 spiro atoms. The molecule has 0 aliphatic rings. The van der Waals surface area contributed by atoms with E-state index in [4.69, 9.17) is 15.2 Å². The van der Waals surface area contributed by atoms with Gasteiger partial charge in [0.25, 0.3) is 0 Å². The zero-order chi connectivity index (χ0) is 23.8. The Morgan fingerprint density at radius 2 is 1.55 bits per heavy atom. The molecular formula is C24H27N5O4. The molecule has 0 saturated heterocycles. The number of anilines is 5. The summed E-state index contributed by atoms with van der Waals surface area (Å²) in [6, 6.07) is 13.7. The highest BCUT2D eigenvalue weighted by Gasteiger charge is 2.12. The number of benzene rings is 2. The van der Waals surface area contributed by atoms with E-state index in [0.29, 0.717) is 53.0 Å². The molecule has 0 aliphatic carbocycles. The Hall–Kier alpha value is -4.14. The summed E-state index contributed by atoms with van der Waals surface area (Å²) in [5.74, 6) is 0.265. The van der Waals surface area contributed by atoms with Gasteiger partial charge in [-0.3, -0.25) is 0 Å². The Bertz CT molecular complexity index is 1120. The van der Waals surface area contributed by atoms with Crippen LogP contribution >= 0.6 is 0 Å². The molecule has 0 atom stereocenters. The number of hydrogen-bond donors (Lipinski definition) is 3. The number of nitrogens with two attached hydrogens (primary N) is 1. The van der Waals surface area contributed by atoms with Gasteiger partial charge >= 0.3 is 11.9 Å². The van der Waals surface area contributed by atoms with Gasteiger partial charge in [-0.05, 0) is 55.3 Å². The van der Waals surface area contributed by atoms with Gasteiger partial charge in [0, 0.05) is 11.4 Å². The van der Waals surface area contributed by atoms with Crippen LogP contribution in [-0.2, 0) is 9.47 Å². The van der Waals surface area contributed by atoms with Crippen molar-refractivity contribution in [2.24, 2.45) is 5.92 Å². The number of nitrogen functional groups attached to an aromatic ring is 1. The Labute approximate surface area is 192 Å². The molecule has 33 heavy (non-hydrogen) atoms. The average Bonchev–Trinajstić information content (AvgIpc) is 2.81. The number of nitrogens with one attached hydrogen (secondary N) is 2. The first-order valence-corrected chi connectivity index (χ1v) is 10.6. The van der Waals surface area contributed by atoms with Crippen LogP contribution < -0.4 is 16.4 Å². The highest BCUT2D eigenvalue weighted by atomic mass is 16.5. The first-order chi connectivity index (χ1) is 15.9. The molecule has 2 aromatic carbocycles. The molecule has 0 saturated carbocycles. The second-order valence-electron chi connectivity index (χ2n) is 7.61. The van der Waals surface area contributed by atoms with Crippen molar-refractivity contribution in [3.63, 3.8) is 0 Å². The summed E-state index contributed by atoms with van der Waals surface area (Å²) < 4.78 is 10.3. The maximum absolute atomic E-state index is 12.1. The molecule has 0 radical (unpaired) electrons. The Morgan fingerprint density at radius 1 is 0.909 bits per heavy atom. The summed E-state index contributed by atoms with van der Waals surface area (Å²) in [5, 5.41) is 6.22. The summed E-state index contributed by atoms with van der Waals surface area (Å²) in [7, 11) is 0. The number of carbonyl (C=O) groups excluding carboxylic acids is 2. The number of esters is 2. The fraction of sp³-hybridized carbons (Fsp3) is 0.250. The van der Waals surface area contributed by atoms with E-state index in [1.54, 1.807) is 55.5 Å². The largest absolute Gasteiger partial charge is 0.462 e. The summed E-state index contributed by atoms with van der Waals surface area (Å²) in [5.41, 5.74) is 8.74. The summed E-state index contributed by atoms with van der Waals surface area (Å²) in [6.07, 6.45) is 1.37. The molecule has 9 heteroatoms. The van der Waals surface area contributed by atoms with Crippen molar-refractivity contribution in [2.75, 3.05) is 29.6 Å². The fourth-order valence-corrected chi connectivity index (χ4v) is 2.82. The van der Waals surface area contributed by atoms with E-state index >= 15 is 0 Å². The van der Waals surface area contributed by atoms with Crippen molar-refractivity contribution in [1.29, 1.82) is 0 Å². The molecule has 3 aromatic rings. The summed E-state index contributed by atoms with van der Waals surface area (Å²) >= 11 is 0. The Kier molecular flexibility index (Phi) is 7.80. The summed E-state index contributed by atoms with van der Waals surface area (Å²) in [4.78, 5) is 32.4. The zero-order valence-corrected chi connectivity index (χ0v) is 18.8. The van der Waals surface area contributed by atoms with Gasteiger partial charge in [-0.25, -0.2) is 19.6 Å². The van der Waals surface area contributed by atoms with Gasteiger partial charge in [0.15, 0.2) is 11.6 Å². The number of aromatic nitrogens is 2. The number of ether oxygens (including phenoxy) is 2. The van der Waals surface area contributed by atoms with Crippen LogP contribution in [0.5, 0.6) is 0 Å². The molecule has 0 aliphatic heterocycles. The number of carbonyl (C=O) groups is 2. The lowest BCUT2D eigenvalue weighted by atomic mass is 10.2. The minimum Gasteiger partial charge on any atom is -0.462 e. The Morgan fingerprint density at radius 3 is 2.18 bits per heavy atom. The third-order valence-electron chi connectivity index (χ3n) is 4.45. The van der Waals surface area contributed by atoms with Crippen molar-refractivity contribution < 1.29 is 19.1 Å². The van der Waals surface area contributed by atoms with Crippen molar-refractivity contribution in [2.45, 2.75) is 20.8 Å². The van der Waals surface area contributed by atoms with Crippen LogP contribution in [-0.4, -0.2) is 35.1 Å². The monoisotopic (exact) mass is 449 g/mol. The topological polar surface area (TPSA) is 128 Å². The normalized spacial score (nSPS) is 10.5. The first kappa shape index (κ1) is 23.5. The molecule has 3 rings (SSSR count). The van der Waals surface area contributed by atoms with Gasteiger partial charge in [-0.1, -0.05) is 19.9 Å². The lowest BCUT2D eigenvalue weighted by Gasteiger charge is -2.13. The molecule has 1 aromatic heterocycles. The third kappa shape index (κ3) is 6.42. The molecule has 0 fully saturated rings. The standard InChI is InChI=1S/C24H27N5O4/c1-4-32-24(31)17-6-5-7-19(12-17)29-22-20(25)21(26-14-27-22)28-18-10-8-16(9-11-18)23(30)33-13-15(2)3/h5-12,14-15H,4,13,25H2,1-3H3,(H2,26,27,28,29).